The molecule has 2 amide bonds. The van der Waals surface area contributed by atoms with Gasteiger partial charge in [-0.05, 0) is 24.3 Å². The van der Waals surface area contributed by atoms with Gasteiger partial charge in [0.1, 0.15) is 10.8 Å². The lowest BCUT2D eigenvalue weighted by Crippen LogP contribution is -2.44. The van der Waals surface area contributed by atoms with Crippen LogP contribution in [0.5, 0.6) is 0 Å². The number of carbonyl (C=O) groups excluding carboxylic acids is 2. The van der Waals surface area contributed by atoms with Crippen LogP contribution in [0.25, 0.3) is 0 Å². The fraction of sp³-hybridized carbons (Fsp3) is 0.571. The van der Waals surface area contributed by atoms with Crippen molar-refractivity contribution in [2.45, 2.75) is 19.3 Å². The third kappa shape index (κ3) is 2.53. The van der Waals surface area contributed by atoms with Gasteiger partial charge >= 0.3 is 0 Å². The predicted octanol–water partition coefficient (Wildman–Crippen LogP) is 2.07. The Morgan fingerprint density at radius 1 is 1.33 bits per heavy atom. The van der Waals surface area contributed by atoms with Gasteiger partial charge in [0.25, 0.3) is 5.91 Å². The second-order valence-electron chi connectivity index (χ2n) is 5.97. The van der Waals surface area contributed by atoms with Crippen LogP contribution in [0.3, 0.4) is 0 Å². The Hall–Kier alpha value is -1.20. The van der Waals surface area contributed by atoms with Crippen molar-refractivity contribution in [1.82, 2.24) is 14.8 Å². The third-order valence-electron chi connectivity index (χ3n) is 4.64. The number of hydrogen-bond acceptors (Lipinski definition) is 2. The Balaban J connectivity index is 1.70. The van der Waals surface area contributed by atoms with Gasteiger partial charge in [-0.1, -0.05) is 23.2 Å². The smallest absolute Gasteiger partial charge is 0.270 e. The number of carbonyl (C=O) groups is 2. The number of aromatic nitrogens is 1. The van der Waals surface area contributed by atoms with Crippen molar-refractivity contribution in [3.05, 3.63) is 21.9 Å². The molecule has 7 heteroatoms. The Bertz CT molecular complexity index is 604. The molecule has 1 aromatic rings. The summed E-state index contributed by atoms with van der Waals surface area (Å²) >= 11 is 12.0. The van der Waals surface area contributed by atoms with E-state index in [2.05, 4.69) is 5.32 Å². The molecule has 21 heavy (non-hydrogen) atoms. The number of amides is 2. The van der Waals surface area contributed by atoms with Gasteiger partial charge in [0.15, 0.2) is 0 Å². The lowest BCUT2D eigenvalue weighted by atomic mass is 9.77. The molecule has 2 aliphatic heterocycles. The van der Waals surface area contributed by atoms with Gasteiger partial charge < -0.3 is 14.8 Å². The highest BCUT2D eigenvalue weighted by Crippen LogP contribution is 2.38. The predicted molar refractivity (Wildman–Crippen MR) is 80.6 cm³/mol. The van der Waals surface area contributed by atoms with Gasteiger partial charge in [0, 0.05) is 33.1 Å². The maximum Gasteiger partial charge on any atom is 0.270 e. The highest BCUT2D eigenvalue weighted by molar-refractivity contribution is 6.41. The monoisotopic (exact) mass is 329 g/mol. The fourth-order valence-electron chi connectivity index (χ4n) is 3.20. The number of piperidine rings is 1. The van der Waals surface area contributed by atoms with Crippen molar-refractivity contribution in [3.8, 4) is 0 Å². The molecule has 2 fully saturated rings. The molecule has 1 N–H and O–H groups in total. The number of halogens is 2. The Kier molecular flexibility index (Phi) is 3.66. The van der Waals surface area contributed by atoms with E-state index in [1.807, 2.05) is 4.90 Å². The van der Waals surface area contributed by atoms with Crippen molar-refractivity contribution in [2.75, 3.05) is 19.6 Å². The molecule has 3 rings (SSSR count). The molecule has 3 heterocycles. The van der Waals surface area contributed by atoms with Crippen molar-refractivity contribution < 1.29 is 9.59 Å². The summed E-state index contributed by atoms with van der Waals surface area (Å²) < 4.78 is 1.61. The normalized spacial score (nSPS) is 20.9. The Morgan fingerprint density at radius 2 is 2.00 bits per heavy atom. The van der Waals surface area contributed by atoms with E-state index in [4.69, 9.17) is 23.2 Å². The largest absolute Gasteiger partial charge is 0.356 e. The molecule has 0 unspecified atom stereocenters. The highest BCUT2D eigenvalue weighted by atomic mass is 35.5. The van der Waals surface area contributed by atoms with Crippen LogP contribution >= 0.6 is 23.2 Å². The summed E-state index contributed by atoms with van der Waals surface area (Å²) in [5, 5.41) is 3.66. The maximum absolute atomic E-state index is 12.6. The standard InChI is InChI=1S/C14H17Cl2N3O2/c1-18-10(6-9(15)12(18)16)13(21)19-4-2-14(3-5-19)7-11(20)17-8-14/h6H,2-5,7-8H2,1H3,(H,17,20). The van der Waals surface area contributed by atoms with Crippen LogP contribution in [-0.4, -0.2) is 40.9 Å². The molecule has 0 atom stereocenters. The summed E-state index contributed by atoms with van der Waals surface area (Å²) in [5.74, 6) is 0.0641. The maximum atomic E-state index is 12.6. The second kappa shape index (κ2) is 5.21. The average molecular weight is 330 g/mol. The lowest BCUT2D eigenvalue weighted by molar-refractivity contribution is -0.119. The van der Waals surface area contributed by atoms with Gasteiger partial charge in [-0.2, -0.15) is 0 Å². The summed E-state index contributed by atoms with van der Waals surface area (Å²) in [7, 11) is 1.73. The van der Waals surface area contributed by atoms with Crippen molar-refractivity contribution in [3.63, 3.8) is 0 Å². The molecule has 114 valence electrons. The van der Waals surface area contributed by atoms with E-state index >= 15 is 0 Å². The average Bonchev–Trinajstić information content (AvgIpc) is 2.95. The summed E-state index contributed by atoms with van der Waals surface area (Å²) in [6, 6.07) is 1.61. The molecule has 0 aromatic carbocycles. The SMILES string of the molecule is Cn1c(C(=O)N2CCC3(CC2)CNC(=O)C3)cc(Cl)c1Cl. The van der Waals surface area contributed by atoms with Crippen LogP contribution in [0.1, 0.15) is 29.8 Å². The number of nitrogens with zero attached hydrogens (tertiary/aromatic N) is 2. The number of rotatable bonds is 1. The molecule has 0 saturated carbocycles. The summed E-state index contributed by atoms with van der Waals surface area (Å²) in [6.45, 7) is 2.05. The molecular formula is C14H17Cl2N3O2. The lowest BCUT2D eigenvalue weighted by Gasteiger charge is -2.38. The van der Waals surface area contributed by atoms with Crippen LogP contribution in [0.15, 0.2) is 6.07 Å². The van der Waals surface area contributed by atoms with Gasteiger partial charge in [0.05, 0.1) is 5.02 Å². The van der Waals surface area contributed by atoms with Gasteiger partial charge in [-0.3, -0.25) is 9.59 Å². The number of nitrogens with one attached hydrogen (secondary N) is 1. The van der Waals surface area contributed by atoms with E-state index in [-0.39, 0.29) is 17.2 Å². The van der Waals surface area contributed by atoms with E-state index < -0.39 is 0 Å². The van der Waals surface area contributed by atoms with Crippen molar-refractivity contribution in [2.24, 2.45) is 12.5 Å². The van der Waals surface area contributed by atoms with Crippen molar-refractivity contribution in [1.29, 1.82) is 0 Å². The minimum Gasteiger partial charge on any atom is -0.356 e. The molecule has 0 aliphatic carbocycles. The molecular weight excluding hydrogens is 313 g/mol. The van der Waals surface area contributed by atoms with E-state index in [0.717, 1.165) is 19.4 Å². The second-order valence-corrected chi connectivity index (χ2v) is 6.74. The van der Waals surface area contributed by atoms with E-state index in [0.29, 0.717) is 35.4 Å². The third-order valence-corrected chi connectivity index (χ3v) is 5.48. The first-order valence-electron chi connectivity index (χ1n) is 6.99. The van der Waals surface area contributed by atoms with Crippen LogP contribution < -0.4 is 5.32 Å². The number of hydrogen-bond donors (Lipinski definition) is 1. The van der Waals surface area contributed by atoms with Crippen LogP contribution in [0.2, 0.25) is 10.2 Å². The van der Waals surface area contributed by atoms with Gasteiger partial charge in [0.2, 0.25) is 5.91 Å². The summed E-state index contributed by atoms with van der Waals surface area (Å²) in [5.41, 5.74) is 0.541. The molecule has 0 radical (unpaired) electrons. The zero-order valence-corrected chi connectivity index (χ0v) is 13.3. The molecule has 0 bridgehead atoms. The molecule has 2 saturated heterocycles. The Labute approximate surface area is 133 Å². The minimum atomic E-state index is -0.0570. The zero-order valence-electron chi connectivity index (χ0n) is 11.8. The van der Waals surface area contributed by atoms with E-state index in [1.165, 1.54) is 0 Å². The van der Waals surface area contributed by atoms with Gasteiger partial charge in [-0.25, -0.2) is 0 Å². The van der Waals surface area contributed by atoms with Crippen LogP contribution in [0, 0.1) is 5.41 Å². The fourth-order valence-corrected chi connectivity index (χ4v) is 3.57. The van der Waals surface area contributed by atoms with Gasteiger partial charge in [-0.15, -0.1) is 0 Å². The van der Waals surface area contributed by atoms with Crippen LogP contribution in [0.4, 0.5) is 0 Å². The summed E-state index contributed by atoms with van der Waals surface area (Å²) in [6.07, 6.45) is 2.28. The first kappa shape index (κ1) is 14.7. The molecule has 5 nitrogen and oxygen atoms in total. The first-order chi connectivity index (χ1) is 9.92. The number of likely N-dealkylation sites (tertiary alicyclic amines) is 1. The molecule has 1 aromatic heterocycles. The Morgan fingerprint density at radius 3 is 2.48 bits per heavy atom. The van der Waals surface area contributed by atoms with Crippen molar-refractivity contribution >= 4 is 35.0 Å². The first-order valence-corrected chi connectivity index (χ1v) is 7.74. The highest BCUT2D eigenvalue weighted by Gasteiger charge is 2.42. The molecule has 2 aliphatic rings. The minimum absolute atomic E-state index is 0.0390. The zero-order chi connectivity index (χ0) is 15.2. The van der Waals surface area contributed by atoms with E-state index in [1.54, 1.807) is 17.7 Å². The van der Waals surface area contributed by atoms with Crippen LogP contribution in [-0.2, 0) is 11.8 Å². The van der Waals surface area contributed by atoms with E-state index in [9.17, 15) is 9.59 Å². The molecule has 1 spiro atoms. The topological polar surface area (TPSA) is 54.3 Å². The summed E-state index contributed by atoms with van der Waals surface area (Å²) in [4.78, 5) is 25.8. The quantitative estimate of drug-likeness (QED) is 0.857.